The standard InChI is InChI=1S/C11H9BrFN3O/c1-6-4-8(13)7(12)5-10(6)15-11(17)9-2-3-14-16-9/h2-5H,1H3,(H,14,16)(H,15,17). The fraction of sp³-hybridized carbons (Fsp3) is 0.0909. The van der Waals surface area contributed by atoms with Gasteiger partial charge in [-0.2, -0.15) is 5.10 Å². The summed E-state index contributed by atoms with van der Waals surface area (Å²) in [6.07, 6.45) is 1.49. The molecule has 0 aliphatic heterocycles. The van der Waals surface area contributed by atoms with Crippen LogP contribution in [0, 0.1) is 12.7 Å². The van der Waals surface area contributed by atoms with Crippen molar-refractivity contribution in [3.05, 3.63) is 45.9 Å². The summed E-state index contributed by atoms with van der Waals surface area (Å²) in [5.41, 5.74) is 1.56. The van der Waals surface area contributed by atoms with Gasteiger partial charge in [0.25, 0.3) is 5.91 Å². The molecule has 1 aromatic heterocycles. The van der Waals surface area contributed by atoms with E-state index in [1.807, 2.05) is 0 Å². The zero-order valence-corrected chi connectivity index (χ0v) is 10.5. The molecule has 0 radical (unpaired) electrons. The summed E-state index contributed by atoms with van der Waals surface area (Å²) >= 11 is 3.07. The van der Waals surface area contributed by atoms with Gasteiger partial charge in [-0.25, -0.2) is 4.39 Å². The van der Waals surface area contributed by atoms with Gasteiger partial charge in [0.15, 0.2) is 0 Å². The van der Waals surface area contributed by atoms with Gasteiger partial charge in [-0.05, 0) is 46.6 Å². The van der Waals surface area contributed by atoms with Crippen LogP contribution in [0.4, 0.5) is 10.1 Å². The molecule has 88 valence electrons. The quantitative estimate of drug-likeness (QED) is 0.895. The molecule has 0 saturated heterocycles. The van der Waals surface area contributed by atoms with E-state index < -0.39 is 0 Å². The van der Waals surface area contributed by atoms with Crippen LogP contribution < -0.4 is 5.32 Å². The van der Waals surface area contributed by atoms with Crippen LogP contribution in [0.2, 0.25) is 0 Å². The summed E-state index contributed by atoms with van der Waals surface area (Å²) in [6, 6.07) is 4.44. The molecule has 1 heterocycles. The summed E-state index contributed by atoms with van der Waals surface area (Å²) in [6.45, 7) is 1.72. The Bertz CT molecular complexity index is 554. The van der Waals surface area contributed by atoms with Gasteiger partial charge in [0.2, 0.25) is 0 Å². The number of aromatic amines is 1. The van der Waals surface area contributed by atoms with Crippen LogP contribution in [0.15, 0.2) is 28.9 Å². The first-order chi connectivity index (χ1) is 8.08. The second kappa shape index (κ2) is 4.67. The summed E-state index contributed by atoms with van der Waals surface area (Å²) < 4.78 is 13.5. The van der Waals surface area contributed by atoms with Gasteiger partial charge >= 0.3 is 0 Å². The number of rotatable bonds is 2. The Kier molecular flexibility index (Phi) is 3.23. The van der Waals surface area contributed by atoms with Crippen molar-refractivity contribution in [1.29, 1.82) is 0 Å². The van der Waals surface area contributed by atoms with Gasteiger partial charge in [0, 0.05) is 11.9 Å². The van der Waals surface area contributed by atoms with Crippen LogP contribution >= 0.6 is 15.9 Å². The topological polar surface area (TPSA) is 57.8 Å². The van der Waals surface area contributed by atoms with Crippen molar-refractivity contribution in [2.75, 3.05) is 5.32 Å². The Morgan fingerprint density at radius 1 is 1.53 bits per heavy atom. The number of H-pyrrole nitrogens is 1. The Morgan fingerprint density at radius 2 is 2.29 bits per heavy atom. The molecule has 0 spiro atoms. The lowest BCUT2D eigenvalue weighted by atomic mass is 10.2. The third-order valence-corrected chi connectivity index (χ3v) is 2.87. The number of anilines is 1. The Hall–Kier alpha value is -1.69. The van der Waals surface area contributed by atoms with E-state index in [4.69, 9.17) is 0 Å². The molecule has 0 atom stereocenters. The van der Waals surface area contributed by atoms with Crippen molar-refractivity contribution < 1.29 is 9.18 Å². The third kappa shape index (κ3) is 2.52. The second-order valence-electron chi connectivity index (χ2n) is 3.51. The summed E-state index contributed by atoms with van der Waals surface area (Å²) in [5.74, 6) is -0.675. The predicted molar refractivity (Wildman–Crippen MR) is 65.4 cm³/mol. The third-order valence-electron chi connectivity index (χ3n) is 2.26. The van der Waals surface area contributed by atoms with E-state index in [-0.39, 0.29) is 11.7 Å². The van der Waals surface area contributed by atoms with Crippen LogP contribution in [-0.4, -0.2) is 16.1 Å². The maximum absolute atomic E-state index is 13.2. The molecular weight excluding hydrogens is 289 g/mol. The van der Waals surface area contributed by atoms with Crippen molar-refractivity contribution in [2.24, 2.45) is 0 Å². The smallest absolute Gasteiger partial charge is 0.273 e. The first-order valence-corrected chi connectivity index (χ1v) is 5.63. The molecule has 2 N–H and O–H groups in total. The Morgan fingerprint density at radius 3 is 2.94 bits per heavy atom. The number of hydrogen-bond acceptors (Lipinski definition) is 2. The number of amides is 1. The van der Waals surface area contributed by atoms with Crippen LogP contribution in [0.25, 0.3) is 0 Å². The lowest BCUT2D eigenvalue weighted by Gasteiger charge is -2.08. The minimum atomic E-state index is -0.359. The molecule has 2 rings (SSSR count). The first kappa shape index (κ1) is 11.8. The molecule has 0 bridgehead atoms. The van der Waals surface area contributed by atoms with Gasteiger partial charge in [0.05, 0.1) is 4.47 Å². The van der Waals surface area contributed by atoms with Crippen LogP contribution in [0.1, 0.15) is 16.1 Å². The number of nitrogens with zero attached hydrogens (tertiary/aromatic N) is 1. The lowest BCUT2D eigenvalue weighted by molar-refractivity contribution is 0.102. The van der Waals surface area contributed by atoms with E-state index >= 15 is 0 Å². The van der Waals surface area contributed by atoms with E-state index in [9.17, 15) is 9.18 Å². The van der Waals surface area contributed by atoms with E-state index in [2.05, 4.69) is 31.4 Å². The van der Waals surface area contributed by atoms with Gasteiger partial charge in [-0.15, -0.1) is 0 Å². The van der Waals surface area contributed by atoms with Crippen molar-refractivity contribution in [3.63, 3.8) is 0 Å². The molecule has 1 amide bonds. The van der Waals surface area contributed by atoms with E-state index in [1.165, 1.54) is 18.3 Å². The minimum Gasteiger partial charge on any atom is -0.320 e. The predicted octanol–water partition coefficient (Wildman–Crippen LogP) is 2.87. The molecule has 1 aromatic carbocycles. The van der Waals surface area contributed by atoms with E-state index in [1.54, 1.807) is 13.0 Å². The minimum absolute atomic E-state index is 0.308. The summed E-state index contributed by atoms with van der Waals surface area (Å²) in [7, 11) is 0. The fourth-order valence-electron chi connectivity index (χ4n) is 1.35. The number of nitrogens with one attached hydrogen (secondary N) is 2. The van der Waals surface area contributed by atoms with E-state index in [0.717, 1.165) is 0 Å². The highest BCUT2D eigenvalue weighted by Gasteiger charge is 2.10. The van der Waals surface area contributed by atoms with Gasteiger partial charge in [0.1, 0.15) is 11.5 Å². The van der Waals surface area contributed by atoms with Crippen LogP contribution in [0.3, 0.4) is 0 Å². The molecule has 4 nitrogen and oxygen atoms in total. The first-order valence-electron chi connectivity index (χ1n) is 4.84. The highest BCUT2D eigenvalue weighted by atomic mass is 79.9. The molecule has 0 fully saturated rings. The van der Waals surface area contributed by atoms with Crippen LogP contribution in [0.5, 0.6) is 0 Å². The highest BCUT2D eigenvalue weighted by molar-refractivity contribution is 9.10. The SMILES string of the molecule is Cc1cc(F)c(Br)cc1NC(=O)c1ccn[nH]1. The fourth-order valence-corrected chi connectivity index (χ4v) is 1.70. The van der Waals surface area contributed by atoms with Crippen molar-refractivity contribution in [1.82, 2.24) is 10.2 Å². The molecule has 0 saturated carbocycles. The zero-order valence-electron chi connectivity index (χ0n) is 8.92. The van der Waals surface area contributed by atoms with Crippen molar-refractivity contribution in [3.8, 4) is 0 Å². The molecule has 0 aliphatic carbocycles. The van der Waals surface area contributed by atoms with Crippen LogP contribution in [-0.2, 0) is 0 Å². The number of carbonyl (C=O) groups is 1. The van der Waals surface area contributed by atoms with E-state index in [0.29, 0.717) is 21.4 Å². The Balaban J connectivity index is 2.25. The van der Waals surface area contributed by atoms with Crippen molar-refractivity contribution >= 4 is 27.5 Å². The number of aryl methyl sites for hydroxylation is 1. The summed E-state index contributed by atoms with van der Waals surface area (Å²) in [5, 5.41) is 8.91. The zero-order chi connectivity index (χ0) is 12.4. The average molecular weight is 298 g/mol. The largest absolute Gasteiger partial charge is 0.320 e. The monoisotopic (exact) mass is 297 g/mol. The molecule has 0 unspecified atom stereocenters. The maximum atomic E-state index is 13.2. The van der Waals surface area contributed by atoms with Gasteiger partial charge < -0.3 is 5.32 Å². The molecular formula is C11H9BrFN3O. The second-order valence-corrected chi connectivity index (χ2v) is 4.36. The lowest BCUT2D eigenvalue weighted by Crippen LogP contribution is -2.13. The molecule has 6 heteroatoms. The van der Waals surface area contributed by atoms with Gasteiger partial charge in [-0.3, -0.25) is 9.89 Å². The number of hydrogen-bond donors (Lipinski definition) is 2. The average Bonchev–Trinajstić information content (AvgIpc) is 2.79. The molecule has 17 heavy (non-hydrogen) atoms. The van der Waals surface area contributed by atoms with Crippen molar-refractivity contribution in [2.45, 2.75) is 6.92 Å². The summed E-state index contributed by atoms with van der Waals surface area (Å²) in [4.78, 5) is 11.7. The molecule has 0 aliphatic rings. The van der Waals surface area contributed by atoms with Gasteiger partial charge in [-0.1, -0.05) is 0 Å². The normalized spacial score (nSPS) is 10.3. The highest BCUT2D eigenvalue weighted by Crippen LogP contribution is 2.24. The number of carbonyl (C=O) groups excluding carboxylic acids is 1. The maximum Gasteiger partial charge on any atom is 0.273 e. The Labute approximate surface area is 105 Å². The number of benzene rings is 1. The number of aromatic nitrogens is 2. The molecule has 2 aromatic rings. The number of halogens is 2.